The van der Waals surface area contributed by atoms with E-state index in [1.165, 1.54) is 23.3 Å². The van der Waals surface area contributed by atoms with Gasteiger partial charge in [0.2, 0.25) is 5.91 Å². The number of likely N-dealkylation sites (tertiary alicyclic amines) is 1. The van der Waals surface area contributed by atoms with Crippen LogP contribution < -0.4 is 0 Å². The molecule has 0 aromatic carbocycles. The summed E-state index contributed by atoms with van der Waals surface area (Å²) in [6.45, 7) is 0.526. The third-order valence-corrected chi connectivity index (χ3v) is 4.35. The van der Waals surface area contributed by atoms with Crippen molar-refractivity contribution in [2.45, 2.75) is 24.8 Å². The molecule has 1 aliphatic rings. The first kappa shape index (κ1) is 14.0. The normalized spacial score (nSPS) is 22.7. The largest absolute Gasteiger partial charge is 0.479 e. The summed E-state index contributed by atoms with van der Waals surface area (Å²) in [4.78, 5) is 26.3. The number of aliphatic carboxylic acids is 1. The van der Waals surface area contributed by atoms with Gasteiger partial charge in [-0.05, 0) is 24.3 Å². The number of nitrogens with zero attached hydrogens (tertiary/aromatic N) is 1. The lowest BCUT2D eigenvalue weighted by Gasteiger charge is -2.34. The first-order valence-electron chi connectivity index (χ1n) is 6.15. The van der Waals surface area contributed by atoms with E-state index < -0.39 is 11.5 Å². The average Bonchev–Trinajstić information content (AvgIpc) is 2.99. The third kappa shape index (κ3) is 2.64. The van der Waals surface area contributed by atoms with E-state index in [1.54, 1.807) is 0 Å². The summed E-state index contributed by atoms with van der Waals surface area (Å²) < 4.78 is 5.03. The molecule has 1 N–H and O–H groups in total. The highest BCUT2D eigenvalue weighted by atomic mass is 32.1. The maximum Gasteiger partial charge on any atom is 0.332 e. The molecule has 0 spiro atoms. The van der Waals surface area contributed by atoms with E-state index in [0.717, 1.165) is 4.88 Å². The molecule has 5 nitrogen and oxygen atoms in total. The molecule has 1 fully saturated rings. The number of hydrogen-bond acceptors (Lipinski definition) is 4. The first-order valence-corrected chi connectivity index (χ1v) is 7.03. The van der Waals surface area contributed by atoms with Crippen molar-refractivity contribution in [1.29, 1.82) is 0 Å². The molecule has 1 saturated heterocycles. The SMILES string of the molecule is COCC1(C(=O)O)CCCN1C(=O)Cc1cccs1. The van der Waals surface area contributed by atoms with E-state index in [1.807, 2.05) is 17.5 Å². The van der Waals surface area contributed by atoms with Crippen molar-refractivity contribution in [3.63, 3.8) is 0 Å². The minimum atomic E-state index is -1.19. The molecule has 2 rings (SSSR count). The molecule has 1 amide bonds. The van der Waals surface area contributed by atoms with Crippen LogP contribution in [0.3, 0.4) is 0 Å². The van der Waals surface area contributed by atoms with Gasteiger partial charge in [0.05, 0.1) is 13.0 Å². The van der Waals surface area contributed by atoms with Crippen molar-refractivity contribution in [2.24, 2.45) is 0 Å². The zero-order valence-electron chi connectivity index (χ0n) is 10.8. The fourth-order valence-electron chi connectivity index (χ4n) is 2.57. The topological polar surface area (TPSA) is 66.8 Å². The Balaban J connectivity index is 2.17. The van der Waals surface area contributed by atoms with Crippen LogP contribution in [-0.4, -0.2) is 47.7 Å². The lowest BCUT2D eigenvalue weighted by atomic mass is 9.97. The molecular weight excluding hydrogens is 266 g/mol. The Hall–Kier alpha value is -1.40. The summed E-state index contributed by atoms with van der Waals surface area (Å²) in [7, 11) is 1.46. The smallest absolute Gasteiger partial charge is 0.332 e. The molecule has 0 radical (unpaired) electrons. The van der Waals surface area contributed by atoms with Gasteiger partial charge in [0.1, 0.15) is 0 Å². The molecule has 2 heterocycles. The van der Waals surface area contributed by atoms with Crippen molar-refractivity contribution in [1.82, 2.24) is 4.90 Å². The second kappa shape index (κ2) is 5.71. The van der Waals surface area contributed by atoms with Crippen molar-refractivity contribution in [2.75, 3.05) is 20.3 Å². The number of carbonyl (C=O) groups excluding carboxylic acids is 1. The number of methoxy groups -OCH3 is 1. The van der Waals surface area contributed by atoms with Crippen LogP contribution in [0.25, 0.3) is 0 Å². The summed E-state index contributed by atoms with van der Waals surface area (Å²) in [6, 6.07) is 3.77. The molecule has 19 heavy (non-hydrogen) atoms. The highest BCUT2D eigenvalue weighted by molar-refractivity contribution is 7.10. The second-order valence-electron chi connectivity index (χ2n) is 4.67. The van der Waals surface area contributed by atoms with E-state index in [9.17, 15) is 14.7 Å². The van der Waals surface area contributed by atoms with Gasteiger partial charge in [0.25, 0.3) is 0 Å². The fraction of sp³-hybridized carbons (Fsp3) is 0.538. The van der Waals surface area contributed by atoms with Gasteiger partial charge in [0, 0.05) is 18.5 Å². The van der Waals surface area contributed by atoms with Gasteiger partial charge in [-0.1, -0.05) is 6.07 Å². The van der Waals surface area contributed by atoms with Crippen molar-refractivity contribution >= 4 is 23.2 Å². The maximum absolute atomic E-state index is 12.3. The number of hydrogen-bond donors (Lipinski definition) is 1. The second-order valence-corrected chi connectivity index (χ2v) is 5.71. The average molecular weight is 283 g/mol. The lowest BCUT2D eigenvalue weighted by molar-refractivity contribution is -0.159. The number of carbonyl (C=O) groups is 2. The third-order valence-electron chi connectivity index (χ3n) is 3.48. The van der Waals surface area contributed by atoms with Crippen LogP contribution in [0, 0.1) is 0 Å². The minimum absolute atomic E-state index is 0.0402. The van der Waals surface area contributed by atoms with Gasteiger partial charge >= 0.3 is 5.97 Å². The Kier molecular flexibility index (Phi) is 4.21. The van der Waals surface area contributed by atoms with Crippen LogP contribution in [0.1, 0.15) is 17.7 Å². The van der Waals surface area contributed by atoms with E-state index in [4.69, 9.17) is 4.74 Å². The molecule has 1 unspecified atom stereocenters. The monoisotopic (exact) mass is 283 g/mol. The van der Waals surface area contributed by atoms with Crippen LogP contribution in [-0.2, 0) is 20.7 Å². The van der Waals surface area contributed by atoms with Crippen LogP contribution in [0.15, 0.2) is 17.5 Å². The summed E-state index contributed by atoms with van der Waals surface area (Å²) in [5.74, 6) is -1.12. The number of carboxylic acid groups (broad SMARTS) is 1. The summed E-state index contributed by atoms with van der Waals surface area (Å²) in [5.41, 5.74) is -1.19. The highest BCUT2D eigenvalue weighted by Gasteiger charge is 2.49. The van der Waals surface area contributed by atoms with Crippen LogP contribution >= 0.6 is 11.3 Å². The van der Waals surface area contributed by atoms with Gasteiger partial charge < -0.3 is 14.7 Å². The molecule has 0 saturated carbocycles. The van der Waals surface area contributed by atoms with E-state index in [-0.39, 0.29) is 18.9 Å². The molecule has 0 aliphatic carbocycles. The molecule has 6 heteroatoms. The number of amides is 1. The molecule has 1 aliphatic heterocycles. The van der Waals surface area contributed by atoms with Crippen molar-refractivity contribution in [3.05, 3.63) is 22.4 Å². The molecular formula is C13H17NO4S. The Morgan fingerprint density at radius 2 is 2.37 bits per heavy atom. The minimum Gasteiger partial charge on any atom is -0.479 e. The summed E-state index contributed by atoms with van der Waals surface area (Å²) in [5, 5.41) is 11.4. The quantitative estimate of drug-likeness (QED) is 0.886. The Labute approximate surface area is 115 Å². The molecule has 104 valence electrons. The van der Waals surface area contributed by atoms with Gasteiger partial charge in [-0.2, -0.15) is 0 Å². The van der Waals surface area contributed by atoms with Gasteiger partial charge in [-0.15, -0.1) is 11.3 Å². The molecule has 1 aromatic rings. The first-order chi connectivity index (χ1) is 9.10. The Morgan fingerprint density at radius 3 is 2.95 bits per heavy atom. The number of carboxylic acids is 1. The predicted molar refractivity (Wildman–Crippen MR) is 71.2 cm³/mol. The molecule has 1 aromatic heterocycles. The molecule has 0 bridgehead atoms. The number of thiophene rings is 1. The van der Waals surface area contributed by atoms with Crippen molar-refractivity contribution in [3.8, 4) is 0 Å². The highest BCUT2D eigenvalue weighted by Crippen LogP contribution is 2.31. The molecule has 1 atom stereocenters. The number of ether oxygens (including phenoxy) is 1. The van der Waals surface area contributed by atoms with Crippen molar-refractivity contribution < 1.29 is 19.4 Å². The number of rotatable bonds is 5. The van der Waals surface area contributed by atoms with E-state index >= 15 is 0 Å². The fourth-order valence-corrected chi connectivity index (χ4v) is 3.27. The lowest BCUT2D eigenvalue weighted by Crippen LogP contribution is -2.56. The Morgan fingerprint density at radius 1 is 1.58 bits per heavy atom. The van der Waals surface area contributed by atoms with E-state index in [2.05, 4.69) is 0 Å². The standard InChI is InChI=1S/C13H17NO4S/c1-18-9-13(12(16)17)5-3-6-14(13)11(15)8-10-4-2-7-19-10/h2,4,7H,3,5-6,8-9H2,1H3,(H,16,17). The Bertz CT molecular complexity index is 459. The maximum atomic E-state index is 12.3. The summed E-state index contributed by atoms with van der Waals surface area (Å²) in [6.07, 6.45) is 1.41. The predicted octanol–water partition coefficient (Wildman–Crippen LogP) is 1.38. The zero-order chi connectivity index (χ0) is 13.9. The van der Waals surface area contributed by atoms with E-state index in [0.29, 0.717) is 19.4 Å². The van der Waals surface area contributed by atoms with Gasteiger partial charge in [-0.25, -0.2) is 4.79 Å². The van der Waals surface area contributed by atoms with Gasteiger partial charge in [0.15, 0.2) is 5.54 Å². The zero-order valence-corrected chi connectivity index (χ0v) is 11.6. The van der Waals surface area contributed by atoms with Crippen LogP contribution in [0.2, 0.25) is 0 Å². The van der Waals surface area contributed by atoms with Gasteiger partial charge in [-0.3, -0.25) is 4.79 Å². The van der Waals surface area contributed by atoms with Crippen LogP contribution in [0.4, 0.5) is 0 Å². The summed E-state index contributed by atoms with van der Waals surface area (Å²) >= 11 is 1.51. The van der Waals surface area contributed by atoms with Crippen LogP contribution in [0.5, 0.6) is 0 Å².